The van der Waals surface area contributed by atoms with Gasteiger partial charge in [0.1, 0.15) is 5.75 Å². The Morgan fingerprint density at radius 2 is 1.86 bits per heavy atom. The van der Waals surface area contributed by atoms with Gasteiger partial charge in [-0.15, -0.1) is 0 Å². The van der Waals surface area contributed by atoms with Crippen LogP contribution >= 0.6 is 15.9 Å². The van der Waals surface area contributed by atoms with Crippen molar-refractivity contribution < 1.29 is 9.53 Å². The van der Waals surface area contributed by atoms with Gasteiger partial charge in [0.05, 0.1) is 11.6 Å². The molecular formula is C17H14BrNO2. The number of hydrogen-bond acceptors (Lipinski definition) is 3. The van der Waals surface area contributed by atoms with Crippen molar-refractivity contribution in [1.29, 1.82) is 5.26 Å². The second-order valence-corrected chi connectivity index (χ2v) is 5.60. The van der Waals surface area contributed by atoms with Crippen molar-refractivity contribution in [3.63, 3.8) is 0 Å². The van der Waals surface area contributed by atoms with Crippen LogP contribution in [-0.2, 0) is 0 Å². The number of nitrogens with zero attached hydrogens (tertiary/aromatic N) is 1. The number of carbonyl (C=O) groups excluding carboxylic acids is 1. The highest BCUT2D eigenvalue weighted by molar-refractivity contribution is 9.10. The number of carbonyl (C=O) groups is 1. The molecule has 0 aliphatic rings. The minimum absolute atomic E-state index is 0.0316. The third kappa shape index (κ3) is 3.50. The lowest BCUT2D eigenvalue weighted by atomic mass is 10.1. The topological polar surface area (TPSA) is 50.1 Å². The molecule has 0 amide bonds. The second kappa shape index (κ2) is 6.55. The molecule has 0 radical (unpaired) electrons. The Balaban J connectivity index is 2.16. The van der Waals surface area contributed by atoms with Gasteiger partial charge in [-0.1, -0.05) is 34.1 Å². The molecule has 0 heterocycles. The molecular weight excluding hydrogens is 330 g/mol. The maximum absolute atomic E-state index is 12.2. The van der Waals surface area contributed by atoms with Crippen LogP contribution in [0.2, 0.25) is 0 Å². The van der Waals surface area contributed by atoms with E-state index in [1.54, 1.807) is 18.2 Å². The number of Topliss-reactive ketones (excluding diaryl/α,β-unsaturated/α-hetero) is 1. The van der Waals surface area contributed by atoms with Crippen LogP contribution in [-0.4, -0.2) is 12.4 Å². The summed E-state index contributed by atoms with van der Waals surface area (Å²) in [4.78, 5) is 12.2. The number of benzene rings is 2. The van der Waals surface area contributed by atoms with Gasteiger partial charge in [0, 0.05) is 10.0 Å². The molecule has 0 spiro atoms. The highest BCUT2D eigenvalue weighted by Gasteiger charge is 2.12. The highest BCUT2D eigenvalue weighted by atomic mass is 79.9. The van der Waals surface area contributed by atoms with Crippen molar-refractivity contribution in [3.05, 3.63) is 63.1 Å². The number of halogens is 1. The third-order valence-corrected chi connectivity index (χ3v) is 3.80. The third-order valence-electron chi connectivity index (χ3n) is 3.11. The number of aryl methyl sites for hydroxylation is 2. The lowest BCUT2D eigenvalue weighted by Gasteiger charge is -2.12. The van der Waals surface area contributed by atoms with E-state index in [9.17, 15) is 4.79 Å². The molecule has 2 rings (SSSR count). The fourth-order valence-electron chi connectivity index (χ4n) is 2.15. The first-order valence-corrected chi connectivity index (χ1v) is 7.24. The quantitative estimate of drug-likeness (QED) is 0.781. The normalized spacial score (nSPS) is 10.0. The monoisotopic (exact) mass is 343 g/mol. The van der Waals surface area contributed by atoms with Crippen LogP contribution in [0.25, 0.3) is 0 Å². The molecule has 3 nitrogen and oxygen atoms in total. The molecule has 0 unspecified atom stereocenters. The van der Waals surface area contributed by atoms with Crippen LogP contribution in [0.15, 0.2) is 40.9 Å². The molecule has 0 aliphatic carbocycles. The molecule has 0 saturated carbocycles. The fourth-order valence-corrected chi connectivity index (χ4v) is 2.65. The lowest BCUT2D eigenvalue weighted by Crippen LogP contribution is -2.13. The Kier molecular flexibility index (Phi) is 4.77. The summed E-state index contributed by atoms with van der Waals surface area (Å²) in [5.74, 6) is 0.569. The Morgan fingerprint density at radius 1 is 1.24 bits per heavy atom. The Morgan fingerprint density at radius 3 is 2.43 bits per heavy atom. The highest BCUT2D eigenvalue weighted by Crippen LogP contribution is 2.25. The van der Waals surface area contributed by atoms with Crippen molar-refractivity contribution in [2.24, 2.45) is 0 Å². The number of hydrogen-bond donors (Lipinski definition) is 0. The first kappa shape index (κ1) is 15.3. The Hall–Kier alpha value is -2.12. The van der Waals surface area contributed by atoms with E-state index in [0.717, 1.165) is 15.6 Å². The van der Waals surface area contributed by atoms with Gasteiger partial charge in [-0.3, -0.25) is 4.79 Å². The molecule has 0 atom stereocenters. The SMILES string of the molecule is Cc1cc(C#N)cc(C)c1OCC(=O)c1ccccc1Br. The van der Waals surface area contributed by atoms with E-state index in [4.69, 9.17) is 10.00 Å². The minimum atomic E-state index is -0.0920. The maximum atomic E-state index is 12.2. The molecule has 106 valence electrons. The number of rotatable bonds is 4. The first-order valence-electron chi connectivity index (χ1n) is 6.45. The summed E-state index contributed by atoms with van der Waals surface area (Å²) in [6.45, 7) is 3.70. The summed E-state index contributed by atoms with van der Waals surface area (Å²) in [7, 11) is 0. The minimum Gasteiger partial charge on any atom is -0.485 e. The van der Waals surface area contributed by atoms with Crippen LogP contribution in [0.5, 0.6) is 5.75 Å². The molecule has 0 fully saturated rings. The molecule has 0 bridgehead atoms. The summed E-state index contributed by atoms with van der Waals surface area (Å²) in [5.41, 5.74) is 2.90. The van der Waals surface area contributed by atoms with Gasteiger partial charge < -0.3 is 4.74 Å². The van der Waals surface area contributed by atoms with E-state index in [0.29, 0.717) is 16.9 Å². The van der Waals surface area contributed by atoms with Gasteiger partial charge in [0.15, 0.2) is 6.61 Å². The van der Waals surface area contributed by atoms with Gasteiger partial charge in [-0.2, -0.15) is 5.26 Å². The number of nitriles is 1. The van der Waals surface area contributed by atoms with Crippen LogP contribution in [0.4, 0.5) is 0 Å². The van der Waals surface area contributed by atoms with Crippen molar-refractivity contribution in [1.82, 2.24) is 0 Å². The predicted octanol–water partition coefficient (Wildman–Crippen LogP) is 4.20. The summed E-state index contributed by atoms with van der Waals surface area (Å²) in [5, 5.41) is 8.92. The lowest BCUT2D eigenvalue weighted by molar-refractivity contribution is 0.0920. The Bertz CT molecular complexity index is 709. The zero-order valence-corrected chi connectivity index (χ0v) is 13.4. The van der Waals surface area contributed by atoms with Gasteiger partial charge >= 0.3 is 0 Å². The molecule has 0 N–H and O–H groups in total. The molecule has 2 aromatic carbocycles. The standard InChI is InChI=1S/C17H14BrNO2/c1-11-7-13(9-19)8-12(2)17(11)21-10-16(20)14-5-3-4-6-15(14)18/h3-8H,10H2,1-2H3. The van der Waals surface area contributed by atoms with Crippen LogP contribution < -0.4 is 4.74 Å². The van der Waals surface area contributed by atoms with Crippen LogP contribution in [0.3, 0.4) is 0 Å². The predicted molar refractivity (Wildman–Crippen MR) is 84.6 cm³/mol. The zero-order chi connectivity index (χ0) is 15.4. The Labute approximate surface area is 132 Å². The fraction of sp³-hybridized carbons (Fsp3) is 0.176. The average Bonchev–Trinajstić information content (AvgIpc) is 2.46. The molecule has 4 heteroatoms. The average molecular weight is 344 g/mol. The molecule has 21 heavy (non-hydrogen) atoms. The van der Waals surface area contributed by atoms with Crippen LogP contribution in [0, 0.1) is 25.2 Å². The van der Waals surface area contributed by atoms with Crippen molar-refractivity contribution >= 4 is 21.7 Å². The van der Waals surface area contributed by atoms with Crippen molar-refractivity contribution in [3.8, 4) is 11.8 Å². The van der Waals surface area contributed by atoms with Gasteiger partial charge in [-0.05, 0) is 43.2 Å². The van der Waals surface area contributed by atoms with E-state index in [1.165, 1.54) is 0 Å². The molecule has 0 aromatic heterocycles. The zero-order valence-electron chi connectivity index (χ0n) is 11.8. The summed E-state index contributed by atoms with van der Waals surface area (Å²) in [6.07, 6.45) is 0. The largest absolute Gasteiger partial charge is 0.485 e. The van der Waals surface area contributed by atoms with E-state index >= 15 is 0 Å². The van der Waals surface area contributed by atoms with E-state index in [-0.39, 0.29) is 12.4 Å². The van der Waals surface area contributed by atoms with E-state index in [1.807, 2.05) is 32.0 Å². The van der Waals surface area contributed by atoms with E-state index in [2.05, 4.69) is 22.0 Å². The smallest absolute Gasteiger partial charge is 0.201 e. The molecule has 2 aromatic rings. The molecule has 0 aliphatic heterocycles. The van der Waals surface area contributed by atoms with Gasteiger partial charge in [0.2, 0.25) is 5.78 Å². The maximum Gasteiger partial charge on any atom is 0.201 e. The summed E-state index contributed by atoms with van der Waals surface area (Å²) < 4.78 is 6.41. The molecule has 0 saturated heterocycles. The number of ether oxygens (including phenoxy) is 1. The number of ketones is 1. The van der Waals surface area contributed by atoms with Crippen molar-refractivity contribution in [2.75, 3.05) is 6.61 Å². The van der Waals surface area contributed by atoms with Gasteiger partial charge in [-0.25, -0.2) is 0 Å². The second-order valence-electron chi connectivity index (χ2n) is 4.74. The van der Waals surface area contributed by atoms with E-state index < -0.39 is 0 Å². The first-order chi connectivity index (χ1) is 10.0. The van der Waals surface area contributed by atoms with Gasteiger partial charge in [0.25, 0.3) is 0 Å². The summed E-state index contributed by atoms with van der Waals surface area (Å²) in [6, 6.07) is 12.9. The summed E-state index contributed by atoms with van der Waals surface area (Å²) >= 11 is 3.36. The van der Waals surface area contributed by atoms with Crippen molar-refractivity contribution in [2.45, 2.75) is 13.8 Å². The van der Waals surface area contributed by atoms with Crippen LogP contribution in [0.1, 0.15) is 27.0 Å².